The summed E-state index contributed by atoms with van der Waals surface area (Å²) in [5, 5.41) is 0. The van der Waals surface area contributed by atoms with Gasteiger partial charge in [0.2, 0.25) is 5.91 Å². The molecule has 0 atom stereocenters. The third kappa shape index (κ3) is 3.01. The molecule has 2 N–H and O–H groups in total. The van der Waals surface area contributed by atoms with Gasteiger partial charge >= 0.3 is 5.97 Å². The van der Waals surface area contributed by atoms with E-state index in [1.807, 2.05) is 0 Å². The molecule has 8 heteroatoms. The van der Waals surface area contributed by atoms with E-state index in [9.17, 15) is 18.7 Å². The van der Waals surface area contributed by atoms with Crippen LogP contribution in [0.1, 0.15) is 29.6 Å². The van der Waals surface area contributed by atoms with Gasteiger partial charge in [-0.25, -0.2) is 4.79 Å². The van der Waals surface area contributed by atoms with E-state index >= 15 is 0 Å². The molecule has 1 aromatic carbocycles. The first kappa shape index (κ1) is 16.1. The van der Waals surface area contributed by atoms with Gasteiger partial charge < -0.3 is 9.64 Å². The third-order valence-electron chi connectivity index (χ3n) is 4.13. The zero-order valence-electron chi connectivity index (χ0n) is 12.9. The number of hydrogen-bond acceptors (Lipinski definition) is 6. The van der Waals surface area contributed by atoms with Crippen LogP contribution < -0.4 is 9.21 Å². The van der Waals surface area contributed by atoms with Crippen LogP contribution in [0.3, 0.4) is 0 Å². The second kappa shape index (κ2) is 6.03. The smallest absolute Gasteiger partial charge is 0.337 e. The molecule has 1 aromatic rings. The molecule has 2 fully saturated rings. The van der Waals surface area contributed by atoms with E-state index in [0.29, 0.717) is 48.6 Å². The number of rotatable bonds is 3. The molecular formula is C15H20N2O5S. The van der Waals surface area contributed by atoms with Crippen molar-refractivity contribution in [3.63, 3.8) is 0 Å². The standard InChI is InChI=1S/C15H20N2O5S/c1-22-15(19)11-8-12(16-5-2-4-14(16)18)10-13(9-11)17-6-3-7-23(17,20)21/h8-10,20-21H,2-7H2,1H3. The molecule has 0 unspecified atom stereocenters. The van der Waals surface area contributed by atoms with Gasteiger partial charge in [0, 0.05) is 25.2 Å². The van der Waals surface area contributed by atoms with Gasteiger partial charge in [-0.15, -0.1) is 10.8 Å². The van der Waals surface area contributed by atoms with E-state index in [2.05, 4.69) is 0 Å². The van der Waals surface area contributed by atoms with E-state index in [1.54, 1.807) is 23.1 Å². The van der Waals surface area contributed by atoms with E-state index in [-0.39, 0.29) is 5.91 Å². The Kier molecular flexibility index (Phi) is 4.22. The summed E-state index contributed by atoms with van der Waals surface area (Å²) in [4.78, 5) is 25.5. The molecule has 3 rings (SSSR count). The van der Waals surface area contributed by atoms with Crippen LogP contribution in [0.2, 0.25) is 0 Å². The summed E-state index contributed by atoms with van der Waals surface area (Å²) in [6, 6.07) is 4.92. The van der Waals surface area contributed by atoms with Gasteiger partial charge in [-0.2, -0.15) is 0 Å². The number of ether oxygens (including phenoxy) is 1. The summed E-state index contributed by atoms with van der Waals surface area (Å²) in [7, 11) is -1.57. The van der Waals surface area contributed by atoms with Crippen molar-refractivity contribution in [2.24, 2.45) is 0 Å². The molecule has 0 aliphatic carbocycles. The first-order chi connectivity index (χ1) is 10.9. The zero-order valence-corrected chi connectivity index (χ0v) is 13.7. The molecule has 0 radical (unpaired) electrons. The first-order valence-electron chi connectivity index (χ1n) is 7.50. The lowest BCUT2D eigenvalue weighted by Crippen LogP contribution is -2.26. The van der Waals surface area contributed by atoms with Gasteiger partial charge in [-0.05, 0) is 31.0 Å². The van der Waals surface area contributed by atoms with E-state index in [0.717, 1.165) is 6.42 Å². The molecule has 23 heavy (non-hydrogen) atoms. The SMILES string of the molecule is COC(=O)c1cc(N2CCCC2=O)cc(N2CCCS2(O)O)c1. The van der Waals surface area contributed by atoms with Gasteiger partial charge in [0.25, 0.3) is 0 Å². The molecule has 2 aliphatic rings. The van der Waals surface area contributed by atoms with E-state index in [4.69, 9.17) is 4.74 Å². The molecule has 0 spiro atoms. The maximum Gasteiger partial charge on any atom is 0.337 e. The fraction of sp³-hybridized carbons (Fsp3) is 0.467. The summed E-state index contributed by atoms with van der Waals surface area (Å²) in [6.45, 7) is 1.10. The molecule has 2 saturated heterocycles. The minimum Gasteiger partial charge on any atom is -0.465 e. The minimum absolute atomic E-state index is 0.00555. The van der Waals surface area contributed by atoms with E-state index in [1.165, 1.54) is 11.4 Å². The van der Waals surface area contributed by atoms with Crippen molar-refractivity contribution in [2.75, 3.05) is 35.2 Å². The van der Waals surface area contributed by atoms with Gasteiger partial charge in [-0.1, -0.05) is 0 Å². The van der Waals surface area contributed by atoms with Crippen LogP contribution in [-0.2, 0) is 9.53 Å². The number of carbonyl (C=O) groups excluding carboxylic acids is 2. The number of esters is 1. The number of amides is 1. The number of hydrogen-bond donors (Lipinski definition) is 2. The fourth-order valence-electron chi connectivity index (χ4n) is 3.01. The van der Waals surface area contributed by atoms with Crippen molar-refractivity contribution >= 4 is 34.0 Å². The quantitative estimate of drug-likeness (QED) is 0.822. The third-order valence-corrected chi connectivity index (χ3v) is 6.06. The van der Waals surface area contributed by atoms with Crippen molar-refractivity contribution in [1.29, 1.82) is 0 Å². The summed E-state index contributed by atoms with van der Waals surface area (Å²) >= 11 is 0. The largest absolute Gasteiger partial charge is 0.465 e. The fourth-order valence-corrected chi connectivity index (χ4v) is 4.61. The lowest BCUT2D eigenvalue weighted by atomic mass is 10.1. The maximum absolute atomic E-state index is 12.0. The average Bonchev–Trinajstić information content (AvgIpc) is 3.10. The Labute approximate surface area is 136 Å². The molecule has 0 saturated carbocycles. The average molecular weight is 340 g/mol. The Balaban J connectivity index is 2.05. The summed E-state index contributed by atoms with van der Waals surface area (Å²) in [5.41, 5.74) is 1.41. The van der Waals surface area contributed by atoms with E-state index < -0.39 is 16.7 Å². The zero-order chi connectivity index (χ0) is 16.6. The lowest BCUT2D eigenvalue weighted by molar-refractivity contribution is -0.117. The lowest BCUT2D eigenvalue weighted by Gasteiger charge is -2.38. The molecule has 2 heterocycles. The first-order valence-corrected chi connectivity index (χ1v) is 9.17. The highest BCUT2D eigenvalue weighted by Gasteiger charge is 2.31. The highest BCUT2D eigenvalue weighted by Crippen LogP contribution is 2.51. The predicted molar refractivity (Wildman–Crippen MR) is 89.0 cm³/mol. The normalized spacial score (nSPS) is 21.6. The molecule has 126 valence electrons. The number of nitrogens with zero attached hydrogens (tertiary/aromatic N) is 2. The minimum atomic E-state index is -2.87. The Morgan fingerprint density at radius 3 is 2.48 bits per heavy atom. The van der Waals surface area contributed by atoms with Crippen LogP contribution in [0.25, 0.3) is 0 Å². The molecule has 7 nitrogen and oxygen atoms in total. The molecule has 1 amide bonds. The molecule has 2 aliphatic heterocycles. The van der Waals surface area contributed by atoms with Crippen LogP contribution in [0.15, 0.2) is 18.2 Å². The van der Waals surface area contributed by atoms with Gasteiger partial charge in [0.15, 0.2) is 0 Å². The Morgan fingerprint density at radius 2 is 1.91 bits per heavy atom. The molecular weight excluding hydrogens is 320 g/mol. The van der Waals surface area contributed by atoms with Crippen molar-refractivity contribution in [3.8, 4) is 0 Å². The molecule has 0 aromatic heterocycles. The number of methoxy groups -OCH3 is 1. The van der Waals surface area contributed by atoms with Crippen LogP contribution in [0, 0.1) is 0 Å². The van der Waals surface area contributed by atoms with Gasteiger partial charge in [0.1, 0.15) is 0 Å². The Bertz CT molecular complexity index is 649. The summed E-state index contributed by atoms with van der Waals surface area (Å²) in [5.74, 6) is -0.200. The Morgan fingerprint density at radius 1 is 1.17 bits per heavy atom. The number of carbonyl (C=O) groups is 2. The summed E-state index contributed by atoms with van der Waals surface area (Å²) in [6.07, 6.45) is 1.93. The Hall–Kier alpha value is -1.77. The van der Waals surface area contributed by atoms with Crippen LogP contribution in [-0.4, -0.2) is 46.9 Å². The summed E-state index contributed by atoms with van der Waals surface area (Å²) < 4.78 is 26.6. The van der Waals surface area contributed by atoms with Crippen LogP contribution in [0.4, 0.5) is 11.4 Å². The molecule has 0 bridgehead atoms. The van der Waals surface area contributed by atoms with Crippen molar-refractivity contribution in [1.82, 2.24) is 0 Å². The van der Waals surface area contributed by atoms with Crippen LogP contribution >= 0.6 is 10.8 Å². The number of benzene rings is 1. The highest BCUT2D eigenvalue weighted by molar-refractivity contribution is 8.25. The maximum atomic E-state index is 12.0. The topological polar surface area (TPSA) is 90.3 Å². The highest BCUT2D eigenvalue weighted by atomic mass is 32.3. The van der Waals surface area contributed by atoms with Gasteiger partial charge in [-0.3, -0.25) is 18.2 Å². The van der Waals surface area contributed by atoms with Crippen molar-refractivity contribution in [3.05, 3.63) is 23.8 Å². The second-order valence-electron chi connectivity index (χ2n) is 5.67. The number of anilines is 2. The van der Waals surface area contributed by atoms with Gasteiger partial charge in [0.05, 0.1) is 24.1 Å². The van der Waals surface area contributed by atoms with Crippen LogP contribution in [0.5, 0.6) is 0 Å². The predicted octanol–water partition coefficient (Wildman–Crippen LogP) is 2.48. The van der Waals surface area contributed by atoms with Crippen molar-refractivity contribution in [2.45, 2.75) is 19.3 Å². The van der Waals surface area contributed by atoms with Crippen molar-refractivity contribution < 1.29 is 23.4 Å². The second-order valence-corrected chi connectivity index (χ2v) is 7.78. The monoisotopic (exact) mass is 340 g/mol.